The first kappa shape index (κ1) is 19.3. The lowest BCUT2D eigenvalue weighted by Gasteiger charge is -2.11. The van der Waals surface area contributed by atoms with E-state index >= 15 is 0 Å². The van der Waals surface area contributed by atoms with E-state index in [1.54, 1.807) is 0 Å². The average molecular weight is 401 g/mol. The maximum absolute atomic E-state index is 13.1. The molecule has 146 valence electrons. The molecule has 0 fully saturated rings. The van der Waals surface area contributed by atoms with Crippen molar-refractivity contribution in [2.45, 2.75) is 12.4 Å². The monoisotopic (exact) mass is 401 g/mol. The largest absolute Gasteiger partial charge is 0.435 e. The van der Waals surface area contributed by atoms with E-state index in [0.717, 1.165) is 12.1 Å². The summed E-state index contributed by atoms with van der Waals surface area (Å²) in [5.74, 6) is -0.615. The van der Waals surface area contributed by atoms with Crippen LogP contribution in [0, 0.1) is 0 Å². The number of amides is 1. The Balaban J connectivity index is 1.89. The van der Waals surface area contributed by atoms with Gasteiger partial charge in [-0.3, -0.25) is 9.78 Å². The van der Waals surface area contributed by atoms with Gasteiger partial charge in [0.05, 0.1) is 11.9 Å². The number of hydrogen-bond donors (Lipinski definition) is 1. The van der Waals surface area contributed by atoms with E-state index in [9.17, 15) is 31.1 Å². The minimum absolute atomic E-state index is 0.00725. The van der Waals surface area contributed by atoms with Crippen LogP contribution in [-0.2, 0) is 12.4 Å². The molecule has 3 rings (SSSR count). The van der Waals surface area contributed by atoms with Crippen molar-refractivity contribution in [3.63, 3.8) is 0 Å². The fraction of sp³-hybridized carbons (Fsp3) is 0.125. The predicted molar refractivity (Wildman–Crippen MR) is 83.6 cm³/mol. The van der Waals surface area contributed by atoms with Gasteiger partial charge in [0, 0.05) is 24.1 Å². The molecule has 0 saturated heterocycles. The summed E-state index contributed by atoms with van der Waals surface area (Å²) >= 11 is 0. The smallest absolute Gasteiger partial charge is 0.321 e. The second-order valence-electron chi connectivity index (χ2n) is 5.41. The number of hydrogen-bond acceptors (Lipinski definition) is 4. The minimum Gasteiger partial charge on any atom is -0.321 e. The van der Waals surface area contributed by atoms with E-state index < -0.39 is 29.6 Å². The number of halogens is 6. The lowest BCUT2D eigenvalue weighted by atomic mass is 10.2. The van der Waals surface area contributed by atoms with Gasteiger partial charge in [0.25, 0.3) is 5.91 Å². The van der Waals surface area contributed by atoms with Gasteiger partial charge in [0.1, 0.15) is 11.4 Å². The molecule has 28 heavy (non-hydrogen) atoms. The molecule has 2 aromatic heterocycles. The van der Waals surface area contributed by atoms with Gasteiger partial charge in [0.2, 0.25) is 0 Å². The van der Waals surface area contributed by atoms with Crippen molar-refractivity contribution in [2.75, 3.05) is 5.32 Å². The second kappa shape index (κ2) is 6.94. The van der Waals surface area contributed by atoms with Gasteiger partial charge in [-0.05, 0) is 24.3 Å². The van der Waals surface area contributed by atoms with Crippen molar-refractivity contribution >= 4 is 11.6 Å². The van der Waals surface area contributed by atoms with Crippen molar-refractivity contribution in [1.82, 2.24) is 19.7 Å². The standard InChI is InChI=1S/C16H9F6N5O/c17-15(18,19)12-7-13(16(20,21)22)27(26-12)10-3-1-9(2-4-10)25-14(28)11-8-23-5-6-24-11/h1-8H,(H,25,28). The lowest BCUT2D eigenvalue weighted by molar-refractivity contribution is -0.143. The molecule has 1 N–H and O–H groups in total. The highest BCUT2D eigenvalue weighted by Gasteiger charge is 2.42. The van der Waals surface area contributed by atoms with Crippen LogP contribution in [0.5, 0.6) is 0 Å². The summed E-state index contributed by atoms with van der Waals surface area (Å²) in [6, 6.07) is 4.56. The van der Waals surface area contributed by atoms with Gasteiger partial charge in [-0.15, -0.1) is 0 Å². The molecule has 0 radical (unpaired) electrons. The molecule has 0 aliphatic carbocycles. The molecular weight excluding hydrogens is 392 g/mol. The number of aromatic nitrogens is 4. The Morgan fingerprint density at radius 3 is 2.18 bits per heavy atom. The van der Waals surface area contributed by atoms with Crippen molar-refractivity contribution in [3.05, 3.63) is 66.0 Å². The van der Waals surface area contributed by atoms with Gasteiger partial charge in [-0.1, -0.05) is 0 Å². The van der Waals surface area contributed by atoms with Crippen molar-refractivity contribution < 1.29 is 31.1 Å². The summed E-state index contributed by atoms with van der Waals surface area (Å²) in [7, 11) is 0. The molecule has 0 aliphatic heterocycles. The van der Waals surface area contributed by atoms with Crippen LogP contribution in [0.4, 0.5) is 32.0 Å². The highest BCUT2D eigenvalue weighted by atomic mass is 19.4. The summed E-state index contributed by atoms with van der Waals surface area (Å²) in [6.45, 7) is 0. The number of nitrogens with one attached hydrogen (secondary N) is 1. The third-order valence-electron chi connectivity index (χ3n) is 3.46. The van der Waals surface area contributed by atoms with Crippen molar-refractivity contribution in [1.29, 1.82) is 0 Å². The Morgan fingerprint density at radius 1 is 0.964 bits per heavy atom. The SMILES string of the molecule is O=C(Nc1ccc(-n2nc(C(F)(F)F)cc2C(F)(F)F)cc1)c1cnccn1. The lowest BCUT2D eigenvalue weighted by Crippen LogP contribution is -2.15. The fourth-order valence-corrected chi connectivity index (χ4v) is 2.22. The first-order chi connectivity index (χ1) is 13.1. The molecule has 1 amide bonds. The molecule has 0 unspecified atom stereocenters. The van der Waals surface area contributed by atoms with Gasteiger partial charge in [-0.2, -0.15) is 31.4 Å². The zero-order chi connectivity index (χ0) is 20.5. The number of rotatable bonds is 3. The molecule has 6 nitrogen and oxygen atoms in total. The number of carbonyl (C=O) groups excluding carboxylic acids is 1. The normalized spacial score (nSPS) is 12.1. The summed E-state index contributed by atoms with van der Waals surface area (Å²) in [4.78, 5) is 19.5. The van der Waals surface area contributed by atoms with Gasteiger partial charge >= 0.3 is 12.4 Å². The summed E-state index contributed by atoms with van der Waals surface area (Å²) in [6.07, 6.45) is -6.21. The maximum Gasteiger partial charge on any atom is 0.435 e. The van der Waals surface area contributed by atoms with Crippen LogP contribution in [0.3, 0.4) is 0 Å². The number of benzene rings is 1. The van der Waals surface area contributed by atoms with Crippen LogP contribution in [0.1, 0.15) is 21.9 Å². The highest BCUT2D eigenvalue weighted by Crippen LogP contribution is 2.36. The van der Waals surface area contributed by atoms with Crippen LogP contribution < -0.4 is 5.32 Å². The zero-order valence-electron chi connectivity index (χ0n) is 13.6. The van der Waals surface area contributed by atoms with E-state index in [2.05, 4.69) is 20.4 Å². The zero-order valence-corrected chi connectivity index (χ0v) is 13.6. The molecule has 1 aromatic carbocycles. The molecular formula is C16H9F6N5O. The Morgan fingerprint density at radius 2 is 1.64 bits per heavy atom. The molecule has 0 atom stereocenters. The molecule has 0 saturated carbocycles. The number of carbonyl (C=O) groups is 1. The number of alkyl halides is 6. The average Bonchev–Trinajstić information content (AvgIpc) is 3.09. The van der Waals surface area contributed by atoms with Crippen LogP contribution >= 0.6 is 0 Å². The van der Waals surface area contributed by atoms with Crippen molar-refractivity contribution in [3.8, 4) is 5.69 Å². The van der Waals surface area contributed by atoms with E-state index in [-0.39, 0.29) is 27.8 Å². The maximum atomic E-state index is 13.1. The first-order valence-corrected chi connectivity index (χ1v) is 7.48. The number of nitrogens with zero attached hydrogens (tertiary/aromatic N) is 4. The highest BCUT2D eigenvalue weighted by molar-refractivity contribution is 6.02. The number of anilines is 1. The molecule has 0 bridgehead atoms. The third-order valence-corrected chi connectivity index (χ3v) is 3.46. The van der Waals surface area contributed by atoms with Crippen LogP contribution in [0.2, 0.25) is 0 Å². The minimum atomic E-state index is -5.05. The quantitative estimate of drug-likeness (QED) is 0.675. The topological polar surface area (TPSA) is 72.7 Å². The summed E-state index contributed by atoms with van der Waals surface area (Å²) in [5, 5.41) is 5.46. The van der Waals surface area contributed by atoms with E-state index in [0.29, 0.717) is 0 Å². The van der Waals surface area contributed by atoms with Crippen LogP contribution in [0.15, 0.2) is 48.9 Å². The van der Waals surface area contributed by atoms with Gasteiger partial charge < -0.3 is 5.32 Å². The summed E-state index contributed by atoms with van der Waals surface area (Å²) < 4.78 is 77.6. The van der Waals surface area contributed by atoms with Crippen LogP contribution in [0.25, 0.3) is 5.69 Å². The second-order valence-corrected chi connectivity index (χ2v) is 5.41. The van der Waals surface area contributed by atoms with Gasteiger partial charge in [0.15, 0.2) is 5.69 Å². The molecule has 2 heterocycles. The molecule has 0 spiro atoms. The molecule has 0 aliphatic rings. The molecule has 3 aromatic rings. The summed E-state index contributed by atoms with van der Waals surface area (Å²) in [5.41, 5.74) is -3.31. The third kappa shape index (κ3) is 4.10. The van der Waals surface area contributed by atoms with E-state index in [4.69, 9.17) is 0 Å². The Bertz CT molecular complexity index is 979. The van der Waals surface area contributed by atoms with E-state index in [1.807, 2.05) is 0 Å². The van der Waals surface area contributed by atoms with E-state index in [1.165, 1.54) is 30.7 Å². The fourth-order valence-electron chi connectivity index (χ4n) is 2.22. The van der Waals surface area contributed by atoms with Gasteiger partial charge in [-0.25, -0.2) is 9.67 Å². The van der Waals surface area contributed by atoms with Crippen molar-refractivity contribution in [2.24, 2.45) is 0 Å². The molecule has 12 heteroatoms. The predicted octanol–water partition coefficient (Wildman–Crippen LogP) is 3.95. The Labute approximate surface area is 152 Å². The van der Waals surface area contributed by atoms with Crippen LogP contribution in [-0.4, -0.2) is 25.7 Å². The first-order valence-electron chi connectivity index (χ1n) is 7.48. The Hall–Kier alpha value is -3.44. The Kier molecular flexibility index (Phi) is 4.79.